The molecule has 0 aliphatic carbocycles. The van der Waals surface area contributed by atoms with E-state index in [9.17, 15) is 4.79 Å². The van der Waals surface area contributed by atoms with Gasteiger partial charge in [-0.25, -0.2) is 0 Å². The van der Waals surface area contributed by atoms with E-state index in [4.69, 9.17) is 16.3 Å². The average Bonchev–Trinajstić information content (AvgIpc) is 2.28. The van der Waals surface area contributed by atoms with Crippen LogP contribution in [0.5, 0.6) is 0 Å². The van der Waals surface area contributed by atoms with Crippen LogP contribution in [0.1, 0.15) is 24.2 Å². The van der Waals surface area contributed by atoms with Crippen LogP contribution in [0, 0.1) is 0 Å². The lowest BCUT2D eigenvalue weighted by Crippen LogP contribution is -2.23. The fraction of sp³-hybridized carbons (Fsp3) is 0.462. The van der Waals surface area contributed by atoms with Crippen LogP contribution in [0.25, 0.3) is 0 Å². The van der Waals surface area contributed by atoms with Gasteiger partial charge in [-0.2, -0.15) is 0 Å². The molecule has 1 rings (SSSR count). The Kier molecular flexibility index (Phi) is 5.45. The zero-order chi connectivity index (χ0) is 12.8. The molecule has 0 aromatic heterocycles. The summed E-state index contributed by atoms with van der Waals surface area (Å²) in [6.07, 6.45) is 0.998. The standard InChI is InChI=1S/C13H18ClNO2/c1-10(2)17-7-6-15(3)12-5-4-11(9-16)13(14)8-12/h4-5,8-10H,6-7H2,1-3H3. The Hall–Kier alpha value is -1.06. The van der Waals surface area contributed by atoms with Crippen molar-refractivity contribution in [2.45, 2.75) is 20.0 Å². The van der Waals surface area contributed by atoms with Gasteiger partial charge in [-0.1, -0.05) is 11.6 Å². The number of aldehydes is 1. The quantitative estimate of drug-likeness (QED) is 0.732. The van der Waals surface area contributed by atoms with Gasteiger partial charge in [0.2, 0.25) is 0 Å². The van der Waals surface area contributed by atoms with Crippen LogP contribution in [0.2, 0.25) is 5.02 Å². The molecule has 0 saturated carbocycles. The number of halogens is 1. The van der Waals surface area contributed by atoms with E-state index < -0.39 is 0 Å². The monoisotopic (exact) mass is 255 g/mol. The summed E-state index contributed by atoms with van der Waals surface area (Å²) < 4.78 is 5.48. The number of ether oxygens (including phenoxy) is 1. The highest BCUT2D eigenvalue weighted by molar-refractivity contribution is 6.33. The Balaban J connectivity index is 2.60. The summed E-state index contributed by atoms with van der Waals surface area (Å²) in [5.74, 6) is 0. The van der Waals surface area contributed by atoms with E-state index in [-0.39, 0.29) is 6.10 Å². The zero-order valence-corrected chi connectivity index (χ0v) is 11.2. The molecule has 94 valence electrons. The van der Waals surface area contributed by atoms with Gasteiger partial charge in [-0.3, -0.25) is 4.79 Å². The maximum absolute atomic E-state index is 10.6. The molecule has 1 aromatic rings. The van der Waals surface area contributed by atoms with Crippen molar-refractivity contribution in [1.82, 2.24) is 0 Å². The molecule has 0 aliphatic heterocycles. The third-order valence-electron chi connectivity index (χ3n) is 2.43. The maximum Gasteiger partial charge on any atom is 0.151 e. The van der Waals surface area contributed by atoms with E-state index in [2.05, 4.69) is 0 Å². The number of rotatable bonds is 6. The highest BCUT2D eigenvalue weighted by Gasteiger charge is 2.05. The van der Waals surface area contributed by atoms with Gasteiger partial charge >= 0.3 is 0 Å². The van der Waals surface area contributed by atoms with Gasteiger partial charge in [0, 0.05) is 24.8 Å². The third-order valence-corrected chi connectivity index (χ3v) is 2.76. The number of likely N-dealkylation sites (N-methyl/N-ethyl adjacent to an activating group) is 1. The number of hydrogen-bond donors (Lipinski definition) is 0. The van der Waals surface area contributed by atoms with Gasteiger partial charge in [0.1, 0.15) is 0 Å². The van der Waals surface area contributed by atoms with E-state index in [1.165, 1.54) is 0 Å². The van der Waals surface area contributed by atoms with Crippen LogP contribution < -0.4 is 4.90 Å². The molecule has 0 unspecified atom stereocenters. The maximum atomic E-state index is 10.6. The van der Waals surface area contributed by atoms with Crippen LogP contribution in [0.3, 0.4) is 0 Å². The summed E-state index contributed by atoms with van der Waals surface area (Å²) in [4.78, 5) is 12.7. The predicted octanol–water partition coefficient (Wildman–Crippen LogP) is 3.01. The first kappa shape index (κ1) is 14.0. The lowest BCUT2D eigenvalue weighted by Gasteiger charge is -2.20. The molecule has 0 fully saturated rings. The molecule has 0 bridgehead atoms. The number of carbonyl (C=O) groups excluding carboxylic acids is 1. The van der Waals surface area contributed by atoms with Gasteiger partial charge in [-0.05, 0) is 32.0 Å². The van der Waals surface area contributed by atoms with Crippen molar-refractivity contribution in [3.63, 3.8) is 0 Å². The summed E-state index contributed by atoms with van der Waals surface area (Å²) in [5.41, 5.74) is 1.50. The summed E-state index contributed by atoms with van der Waals surface area (Å²) in [5, 5.41) is 0.481. The van der Waals surface area contributed by atoms with E-state index in [0.29, 0.717) is 17.2 Å². The first-order chi connectivity index (χ1) is 8.04. The van der Waals surface area contributed by atoms with Gasteiger partial charge in [0.25, 0.3) is 0 Å². The SMILES string of the molecule is CC(C)OCCN(C)c1ccc(C=O)c(Cl)c1. The largest absolute Gasteiger partial charge is 0.377 e. The van der Waals surface area contributed by atoms with Gasteiger partial charge < -0.3 is 9.64 Å². The number of nitrogens with zero attached hydrogens (tertiary/aromatic N) is 1. The summed E-state index contributed by atoms with van der Waals surface area (Å²) in [6.45, 7) is 5.47. The van der Waals surface area contributed by atoms with Crippen molar-refractivity contribution >= 4 is 23.6 Å². The normalized spacial score (nSPS) is 10.6. The topological polar surface area (TPSA) is 29.5 Å². The smallest absolute Gasteiger partial charge is 0.151 e. The minimum absolute atomic E-state index is 0.240. The van der Waals surface area contributed by atoms with Crippen LogP contribution in [0.4, 0.5) is 5.69 Å². The van der Waals surface area contributed by atoms with Gasteiger partial charge in [0.15, 0.2) is 6.29 Å². The molecule has 17 heavy (non-hydrogen) atoms. The first-order valence-corrected chi connectivity index (χ1v) is 6.00. The highest BCUT2D eigenvalue weighted by Crippen LogP contribution is 2.21. The second-order valence-electron chi connectivity index (χ2n) is 4.16. The van der Waals surface area contributed by atoms with Crippen LogP contribution in [-0.4, -0.2) is 32.6 Å². The zero-order valence-electron chi connectivity index (χ0n) is 10.4. The molecule has 3 nitrogen and oxygen atoms in total. The molecule has 0 spiro atoms. The highest BCUT2D eigenvalue weighted by atomic mass is 35.5. The Labute approximate surface area is 107 Å². The number of carbonyl (C=O) groups is 1. The van der Waals surface area contributed by atoms with E-state index in [1.807, 2.05) is 31.9 Å². The molecule has 0 heterocycles. The fourth-order valence-electron chi connectivity index (χ4n) is 1.40. The van der Waals surface area contributed by atoms with E-state index >= 15 is 0 Å². The Bertz CT molecular complexity index is 380. The molecule has 1 aromatic carbocycles. The minimum Gasteiger partial charge on any atom is -0.377 e. The van der Waals surface area contributed by atoms with Gasteiger partial charge in [0.05, 0.1) is 17.7 Å². The summed E-state index contributed by atoms with van der Waals surface area (Å²) in [7, 11) is 1.97. The fourth-order valence-corrected chi connectivity index (χ4v) is 1.62. The molecule has 0 aliphatic rings. The van der Waals surface area contributed by atoms with Crippen molar-refractivity contribution in [3.05, 3.63) is 28.8 Å². The van der Waals surface area contributed by atoms with E-state index in [1.54, 1.807) is 12.1 Å². The summed E-state index contributed by atoms with van der Waals surface area (Å²) in [6, 6.07) is 5.40. The minimum atomic E-state index is 0.240. The van der Waals surface area contributed by atoms with Crippen LogP contribution >= 0.6 is 11.6 Å². The van der Waals surface area contributed by atoms with Crippen LogP contribution in [-0.2, 0) is 4.74 Å². The van der Waals surface area contributed by atoms with Crippen molar-refractivity contribution in [2.75, 3.05) is 25.1 Å². The molecule has 0 N–H and O–H groups in total. The van der Waals surface area contributed by atoms with Crippen molar-refractivity contribution < 1.29 is 9.53 Å². The third kappa shape index (κ3) is 4.36. The lowest BCUT2D eigenvalue weighted by atomic mass is 10.2. The molecule has 0 amide bonds. The van der Waals surface area contributed by atoms with Gasteiger partial charge in [-0.15, -0.1) is 0 Å². The molecule has 4 heteroatoms. The molecule has 0 saturated heterocycles. The predicted molar refractivity (Wildman–Crippen MR) is 71.2 cm³/mol. The second-order valence-corrected chi connectivity index (χ2v) is 4.57. The lowest BCUT2D eigenvalue weighted by molar-refractivity contribution is 0.0846. The Morgan fingerprint density at radius 3 is 2.71 bits per heavy atom. The molecule has 0 radical (unpaired) electrons. The number of hydrogen-bond acceptors (Lipinski definition) is 3. The first-order valence-electron chi connectivity index (χ1n) is 5.62. The molecular formula is C13H18ClNO2. The number of benzene rings is 1. The van der Waals surface area contributed by atoms with Crippen LogP contribution in [0.15, 0.2) is 18.2 Å². The summed E-state index contributed by atoms with van der Waals surface area (Å²) >= 11 is 5.97. The number of anilines is 1. The van der Waals surface area contributed by atoms with Crippen molar-refractivity contribution in [1.29, 1.82) is 0 Å². The molecular weight excluding hydrogens is 238 g/mol. The van der Waals surface area contributed by atoms with E-state index in [0.717, 1.165) is 18.5 Å². The average molecular weight is 256 g/mol. The molecule has 0 atom stereocenters. The Morgan fingerprint density at radius 2 is 2.18 bits per heavy atom. The van der Waals surface area contributed by atoms with Crippen molar-refractivity contribution in [3.8, 4) is 0 Å². The second kappa shape index (κ2) is 6.62. The van der Waals surface area contributed by atoms with Crippen molar-refractivity contribution in [2.24, 2.45) is 0 Å². The Morgan fingerprint density at radius 1 is 1.47 bits per heavy atom.